The van der Waals surface area contributed by atoms with Crippen LogP contribution in [0.4, 0.5) is 17.6 Å². The fraction of sp³-hybridized carbons (Fsp3) is 0.304. The molecule has 0 saturated carbocycles. The maximum absolute atomic E-state index is 14.3. The van der Waals surface area contributed by atoms with Crippen LogP contribution < -0.4 is 10.1 Å². The fourth-order valence-corrected chi connectivity index (χ4v) is 3.37. The molecule has 0 fully saturated rings. The molecule has 0 aliphatic rings. The first-order chi connectivity index (χ1) is 15.7. The number of alkyl halides is 3. The standard InChI is InChI=1S/C23H23F4N3O3/c1-32-14-19-18(22(31)28-11-16-8-5-9-20(33-2)21(16)24)13-30(29-19)12-17-7-4-3-6-15(17)10-23(25,26)27/h3-9,13H,10-12,14H2,1-2H3,(H,28,31). The van der Waals surface area contributed by atoms with E-state index in [1.165, 1.54) is 43.3 Å². The van der Waals surface area contributed by atoms with E-state index in [0.29, 0.717) is 11.3 Å². The molecule has 176 valence electrons. The summed E-state index contributed by atoms with van der Waals surface area (Å²) in [5.74, 6) is -1.03. The Bertz CT molecular complexity index is 1110. The molecule has 1 aromatic heterocycles. The van der Waals surface area contributed by atoms with Crippen LogP contribution in [0, 0.1) is 5.82 Å². The van der Waals surface area contributed by atoms with Gasteiger partial charge in [-0.3, -0.25) is 9.48 Å². The number of ether oxygens (including phenoxy) is 2. The summed E-state index contributed by atoms with van der Waals surface area (Å²) < 4.78 is 64.5. The van der Waals surface area contributed by atoms with Crippen LogP contribution in [0.15, 0.2) is 48.7 Å². The molecule has 0 aliphatic heterocycles. The van der Waals surface area contributed by atoms with Gasteiger partial charge in [-0.15, -0.1) is 0 Å². The molecule has 0 spiro atoms. The maximum atomic E-state index is 14.3. The summed E-state index contributed by atoms with van der Waals surface area (Å²) in [7, 11) is 2.78. The van der Waals surface area contributed by atoms with Gasteiger partial charge in [-0.25, -0.2) is 4.39 Å². The van der Waals surface area contributed by atoms with E-state index in [1.54, 1.807) is 24.3 Å². The molecule has 0 unspecified atom stereocenters. The molecule has 3 aromatic rings. The molecule has 0 aliphatic carbocycles. The molecule has 6 nitrogen and oxygen atoms in total. The van der Waals surface area contributed by atoms with Crippen LogP contribution in [0.1, 0.15) is 32.7 Å². The van der Waals surface area contributed by atoms with E-state index in [9.17, 15) is 22.4 Å². The van der Waals surface area contributed by atoms with Crippen molar-refractivity contribution >= 4 is 5.91 Å². The summed E-state index contributed by atoms with van der Waals surface area (Å²) in [6, 6.07) is 10.8. The van der Waals surface area contributed by atoms with Crippen LogP contribution in [0.3, 0.4) is 0 Å². The number of carbonyl (C=O) groups is 1. The number of halogens is 4. The lowest BCUT2D eigenvalue weighted by molar-refractivity contribution is -0.127. The second-order valence-corrected chi connectivity index (χ2v) is 7.30. The van der Waals surface area contributed by atoms with Gasteiger partial charge < -0.3 is 14.8 Å². The van der Waals surface area contributed by atoms with Crippen molar-refractivity contribution in [1.82, 2.24) is 15.1 Å². The number of benzene rings is 2. The number of methoxy groups -OCH3 is 2. The average Bonchev–Trinajstić information content (AvgIpc) is 3.16. The molecular formula is C23H23F4N3O3. The van der Waals surface area contributed by atoms with Gasteiger partial charge in [0, 0.05) is 25.4 Å². The lowest BCUT2D eigenvalue weighted by Crippen LogP contribution is -2.24. The van der Waals surface area contributed by atoms with Crippen LogP contribution in [0.2, 0.25) is 0 Å². The third-order valence-corrected chi connectivity index (χ3v) is 4.91. The SMILES string of the molecule is COCc1nn(Cc2ccccc2CC(F)(F)F)cc1C(=O)NCc1cccc(OC)c1F. The van der Waals surface area contributed by atoms with E-state index in [-0.39, 0.29) is 42.1 Å². The number of nitrogens with zero attached hydrogens (tertiary/aromatic N) is 2. The lowest BCUT2D eigenvalue weighted by Gasteiger charge is -2.11. The molecule has 0 atom stereocenters. The molecule has 33 heavy (non-hydrogen) atoms. The van der Waals surface area contributed by atoms with Crippen molar-refractivity contribution in [3.63, 3.8) is 0 Å². The number of amides is 1. The van der Waals surface area contributed by atoms with Gasteiger partial charge in [0.25, 0.3) is 5.91 Å². The van der Waals surface area contributed by atoms with E-state index in [0.717, 1.165) is 0 Å². The Balaban J connectivity index is 1.79. The zero-order valence-corrected chi connectivity index (χ0v) is 18.1. The van der Waals surface area contributed by atoms with Gasteiger partial charge in [-0.2, -0.15) is 18.3 Å². The Morgan fingerprint density at radius 3 is 2.42 bits per heavy atom. The first-order valence-electron chi connectivity index (χ1n) is 10.00. The van der Waals surface area contributed by atoms with Gasteiger partial charge in [-0.05, 0) is 17.2 Å². The first-order valence-corrected chi connectivity index (χ1v) is 10.00. The molecule has 1 heterocycles. The summed E-state index contributed by atoms with van der Waals surface area (Å²) in [5, 5.41) is 6.94. The highest BCUT2D eigenvalue weighted by molar-refractivity contribution is 5.95. The fourth-order valence-electron chi connectivity index (χ4n) is 3.37. The highest BCUT2D eigenvalue weighted by Crippen LogP contribution is 2.24. The van der Waals surface area contributed by atoms with Gasteiger partial charge in [0.05, 0.1) is 32.2 Å². The van der Waals surface area contributed by atoms with Crippen molar-refractivity contribution < 1.29 is 31.8 Å². The minimum Gasteiger partial charge on any atom is -0.494 e. The molecule has 3 rings (SSSR count). The quantitative estimate of drug-likeness (QED) is 0.480. The van der Waals surface area contributed by atoms with Gasteiger partial charge in [0.1, 0.15) is 5.69 Å². The molecular weight excluding hydrogens is 442 g/mol. The topological polar surface area (TPSA) is 65.4 Å². The Kier molecular flexibility index (Phi) is 7.70. The molecule has 0 radical (unpaired) electrons. The number of hydrogen-bond acceptors (Lipinski definition) is 4. The first kappa shape index (κ1) is 24.2. The number of carbonyl (C=O) groups excluding carboxylic acids is 1. The van der Waals surface area contributed by atoms with Gasteiger partial charge in [0.2, 0.25) is 0 Å². The molecule has 1 N–H and O–H groups in total. The van der Waals surface area contributed by atoms with Crippen molar-refractivity contribution in [2.75, 3.05) is 14.2 Å². The second kappa shape index (κ2) is 10.5. The number of rotatable bonds is 9. The van der Waals surface area contributed by atoms with Crippen LogP contribution in [0.5, 0.6) is 5.75 Å². The zero-order chi connectivity index (χ0) is 24.0. The second-order valence-electron chi connectivity index (χ2n) is 7.30. The molecule has 0 bridgehead atoms. The van der Waals surface area contributed by atoms with Gasteiger partial charge in [-0.1, -0.05) is 36.4 Å². The van der Waals surface area contributed by atoms with E-state index < -0.39 is 24.3 Å². The van der Waals surface area contributed by atoms with E-state index in [1.807, 2.05) is 0 Å². The minimum atomic E-state index is -4.35. The summed E-state index contributed by atoms with van der Waals surface area (Å²) in [6.45, 7) is -0.0257. The Morgan fingerprint density at radius 1 is 1.06 bits per heavy atom. The molecule has 10 heteroatoms. The maximum Gasteiger partial charge on any atom is 0.393 e. The van der Waals surface area contributed by atoms with Crippen LogP contribution in [-0.2, 0) is 30.9 Å². The monoisotopic (exact) mass is 465 g/mol. The average molecular weight is 465 g/mol. The van der Waals surface area contributed by atoms with Gasteiger partial charge >= 0.3 is 6.18 Å². The van der Waals surface area contributed by atoms with Crippen LogP contribution >= 0.6 is 0 Å². The van der Waals surface area contributed by atoms with E-state index >= 15 is 0 Å². The highest BCUT2D eigenvalue weighted by Gasteiger charge is 2.29. The van der Waals surface area contributed by atoms with Crippen molar-refractivity contribution in [3.8, 4) is 5.75 Å². The summed E-state index contributed by atoms with van der Waals surface area (Å²) >= 11 is 0. The van der Waals surface area contributed by atoms with E-state index in [4.69, 9.17) is 9.47 Å². The molecule has 0 saturated heterocycles. The number of aromatic nitrogens is 2. The van der Waals surface area contributed by atoms with Crippen molar-refractivity contribution in [3.05, 3.63) is 82.4 Å². The minimum absolute atomic E-state index is 0.0213. The number of hydrogen-bond donors (Lipinski definition) is 1. The predicted octanol–water partition coefficient (Wildman–Crippen LogP) is 4.26. The smallest absolute Gasteiger partial charge is 0.393 e. The third kappa shape index (κ3) is 6.32. The molecule has 1 amide bonds. The predicted molar refractivity (Wildman–Crippen MR) is 112 cm³/mol. The number of nitrogens with one attached hydrogen (secondary N) is 1. The highest BCUT2D eigenvalue weighted by atomic mass is 19.4. The largest absolute Gasteiger partial charge is 0.494 e. The van der Waals surface area contributed by atoms with Crippen molar-refractivity contribution in [2.45, 2.75) is 32.3 Å². The molecule has 2 aromatic carbocycles. The van der Waals surface area contributed by atoms with Crippen LogP contribution in [0.25, 0.3) is 0 Å². The zero-order valence-electron chi connectivity index (χ0n) is 18.1. The summed E-state index contributed by atoms with van der Waals surface area (Å²) in [5.41, 5.74) is 1.31. The van der Waals surface area contributed by atoms with Crippen LogP contribution in [-0.4, -0.2) is 36.1 Å². The summed E-state index contributed by atoms with van der Waals surface area (Å²) in [4.78, 5) is 12.8. The Morgan fingerprint density at radius 2 is 1.76 bits per heavy atom. The van der Waals surface area contributed by atoms with Crippen molar-refractivity contribution in [2.24, 2.45) is 0 Å². The normalized spacial score (nSPS) is 11.5. The third-order valence-electron chi connectivity index (χ3n) is 4.91. The van der Waals surface area contributed by atoms with Crippen molar-refractivity contribution in [1.29, 1.82) is 0 Å². The Labute approximate surface area is 188 Å². The lowest BCUT2D eigenvalue weighted by atomic mass is 10.0. The summed E-state index contributed by atoms with van der Waals surface area (Å²) in [6.07, 6.45) is -3.97. The Hall–Kier alpha value is -3.40. The van der Waals surface area contributed by atoms with Gasteiger partial charge in [0.15, 0.2) is 11.6 Å². The van der Waals surface area contributed by atoms with E-state index in [2.05, 4.69) is 10.4 Å².